The molecule has 0 aromatic carbocycles. The van der Waals surface area contributed by atoms with Crippen LogP contribution >= 0.6 is 0 Å². The van der Waals surface area contributed by atoms with E-state index in [2.05, 4.69) is 5.32 Å². The molecule has 0 radical (unpaired) electrons. The third-order valence-corrected chi connectivity index (χ3v) is 5.25. The van der Waals surface area contributed by atoms with Crippen LogP contribution in [0.25, 0.3) is 0 Å². The van der Waals surface area contributed by atoms with E-state index >= 15 is 0 Å². The molecule has 21 heavy (non-hydrogen) atoms. The molecule has 1 fully saturated rings. The minimum atomic E-state index is -3.48. The summed E-state index contributed by atoms with van der Waals surface area (Å²) in [5, 5.41) is 11.7. The van der Waals surface area contributed by atoms with Gasteiger partial charge in [0.2, 0.25) is 15.9 Å². The smallest absolute Gasteiger partial charge is 0.326 e. The predicted molar refractivity (Wildman–Crippen MR) is 78.2 cm³/mol. The summed E-state index contributed by atoms with van der Waals surface area (Å²) in [6.45, 7) is 3.89. The Bertz CT molecular complexity index is 491. The number of hydrogen-bond acceptors (Lipinski definition) is 4. The van der Waals surface area contributed by atoms with Crippen molar-refractivity contribution in [3.8, 4) is 0 Å². The van der Waals surface area contributed by atoms with E-state index in [4.69, 9.17) is 0 Å². The molecular formula is C13H24N2O5S. The van der Waals surface area contributed by atoms with Gasteiger partial charge in [-0.2, -0.15) is 4.31 Å². The minimum Gasteiger partial charge on any atom is -0.480 e. The Morgan fingerprint density at radius 2 is 2.00 bits per heavy atom. The quantitative estimate of drug-likeness (QED) is 0.738. The van der Waals surface area contributed by atoms with Gasteiger partial charge >= 0.3 is 5.97 Å². The van der Waals surface area contributed by atoms with Crippen molar-refractivity contribution in [3.05, 3.63) is 0 Å². The van der Waals surface area contributed by atoms with Gasteiger partial charge < -0.3 is 10.4 Å². The van der Waals surface area contributed by atoms with Crippen molar-refractivity contribution < 1.29 is 23.1 Å². The molecule has 0 aliphatic carbocycles. The van der Waals surface area contributed by atoms with Gasteiger partial charge in [0.25, 0.3) is 0 Å². The highest BCUT2D eigenvalue weighted by molar-refractivity contribution is 7.88. The molecule has 8 heteroatoms. The Labute approximate surface area is 125 Å². The van der Waals surface area contributed by atoms with Crippen LogP contribution in [0.4, 0.5) is 0 Å². The fourth-order valence-electron chi connectivity index (χ4n) is 2.50. The number of sulfonamides is 1. The fourth-order valence-corrected chi connectivity index (χ4v) is 3.62. The number of hydrogen-bond donors (Lipinski definition) is 2. The summed E-state index contributed by atoms with van der Waals surface area (Å²) < 4.78 is 24.6. The first-order valence-electron chi connectivity index (χ1n) is 7.18. The number of piperidine rings is 1. The van der Waals surface area contributed by atoms with E-state index in [0.717, 1.165) is 12.7 Å². The zero-order valence-corrected chi connectivity index (χ0v) is 13.5. The standard InChI is InChI=1S/C13H24N2O5S/c1-4-9(2)11(13(17)18)14-12(16)10-7-5-6-8-15(10)21(3,19)20/h9-11H,4-8H2,1-3H3,(H,14,16)(H,17,18). The van der Waals surface area contributed by atoms with Crippen LogP contribution in [0.2, 0.25) is 0 Å². The number of aliphatic carboxylic acids is 1. The third-order valence-electron chi connectivity index (χ3n) is 3.96. The van der Waals surface area contributed by atoms with Gasteiger partial charge in [-0.25, -0.2) is 13.2 Å². The highest BCUT2D eigenvalue weighted by atomic mass is 32.2. The molecule has 0 bridgehead atoms. The van der Waals surface area contributed by atoms with E-state index in [9.17, 15) is 23.1 Å². The summed E-state index contributed by atoms with van der Waals surface area (Å²) in [6, 6.07) is -1.80. The monoisotopic (exact) mass is 320 g/mol. The van der Waals surface area contributed by atoms with Crippen LogP contribution in [-0.2, 0) is 19.6 Å². The zero-order chi connectivity index (χ0) is 16.2. The summed E-state index contributed by atoms with van der Waals surface area (Å²) in [5.41, 5.74) is 0. The summed E-state index contributed by atoms with van der Waals surface area (Å²) in [5.74, 6) is -1.84. The van der Waals surface area contributed by atoms with E-state index in [1.165, 1.54) is 4.31 Å². The third kappa shape index (κ3) is 4.67. The van der Waals surface area contributed by atoms with Crippen LogP contribution in [-0.4, -0.2) is 54.6 Å². The second kappa shape index (κ2) is 7.22. The molecule has 1 aliphatic heterocycles. The summed E-state index contributed by atoms with van der Waals surface area (Å²) in [7, 11) is -3.48. The summed E-state index contributed by atoms with van der Waals surface area (Å²) >= 11 is 0. The van der Waals surface area contributed by atoms with Crippen molar-refractivity contribution in [2.75, 3.05) is 12.8 Å². The number of carboxylic acids is 1. The summed E-state index contributed by atoms with van der Waals surface area (Å²) in [4.78, 5) is 23.6. The Morgan fingerprint density at radius 3 is 2.48 bits per heavy atom. The number of nitrogens with one attached hydrogen (secondary N) is 1. The largest absolute Gasteiger partial charge is 0.480 e. The van der Waals surface area contributed by atoms with Crippen molar-refractivity contribution in [1.29, 1.82) is 0 Å². The van der Waals surface area contributed by atoms with Crippen LogP contribution in [0.15, 0.2) is 0 Å². The Hall–Kier alpha value is -1.15. The van der Waals surface area contributed by atoms with Crippen molar-refractivity contribution in [3.63, 3.8) is 0 Å². The van der Waals surface area contributed by atoms with Gasteiger partial charge in [0.1, 0.15) is 12.1 Å². The van der Waals surface area contributed by atoms with Gasteiger partial charge in [-0.1, -0.05) is 26.7 Å². The first-order valence-corrected chi connectivity index (χ1v) is 9.03. The van der Waals surface area contributed by atoms with E-state index in [-0.39, 0.29) is 5.92 Å². The first-order chi connectivity index (χ1) is 9.68. The molecule has 122 valence electrons. The molecule has 1 saturated heterocycles. The highest BCUT2D eigenvalue weighted by Gasteiger charge is 2.36. The average Bonchev–Trinajstić information content (AvgIpc) is 2.42. The van der Waals surface area contributed by atoms with Crippen molar-refractivity contribution >= 4 is 21.9 Å². The van der Waals surface area contributed by atoms with E-state index in [1.807, 2.05) is 6.92 Å². The van der Waals surface area contributed by atoms with Crippen LogP contribution in [0.1, 0.15) is 39.5 Å². The highest BCUT2D eigenvalue weighted by Crippen LogP contribution is 2.20. The Kier molecular flexibility index (Phi) is 6.15. The van der Waals surface area contributed by atoms with E-state index in [0.29, 0.717) is 25.8 Å². The molecule has 0 saturated carbocycles. The maximum Gasteiger partial charge on any atom is 0.326 e. The molecular weight excluding hydrogens is 296 g/mol. The van der Waals surface area contributed by atoms with Crippen LogP contribution in [0, 0.1) is 5.92 Å². The van der Waals surface area contributed by atoms with Gasteiger partial charge in [0.15, 0.2) is 0 Å². The molecule has 0 aromatic rings. The zero-order valence-electron chi connectivity index (χ0n) is 12.7. The molecule has 1 aliphatic rings. The van der Waals surface area contributed by atoms with Crippen LogP contribution in [0.3, 0.4) is 0 Å². The molecule has 3 atom stereocenters. The van der Waals surface area contributed by atoms with Gasteiger partial charge in [-0.15, -0.1) is 0 Å². The lowest BCUT2D eigenvalue weighted by Gasteiger charge is -2.33. The average molecular weight is 320 g/mol. The van der Waals surface area contributed by atoms with Crippen molar-refractivity contribution in [2.45, 2.75) is 51.6 Å². The maximum atomic E-state index is 12.3. The lowest BCUT2D eigenvalue weighted by atomic mass is 9.98. The maximum absolute atomic E-state index is 12.3. The number of rotatable bonds is 6. The lowest BCUT2D eigenvalue weighted by molar-refractivity contribution is -0.144. The van der Waals surface area contributed by atoms with Crippen LogP contribution in [0.5, 0.6) is 0 Å². The van der Waals surface area contributed by atoms with Gasteiger partial charge in [0, 0.05) is 6.54 Å². The van der Waals surface area contributed by atoms with Gasteiger partial charge in [-0.05, 0) is 18.8 Å². The first kappa shape index (κ1) is 17.9. The predicted octanol–water partition coefficient (Wildman–Crippen LogP) is 0.416. The van der Waals surface area contributed by atoms with Crippen molar-refractivity contribution in [2.24, 2.45) is 5.92 Å². The second-order valence-electron chi connectivity index (χ2n) is 5.60. The van der Waals surface area contributed by atoms with Crippen molar-refractivity contribution in [1.82, 2.24) is 9.62 Å². The number of amides is 1. The number of nitrogens with zero attached hydrogens (tertiary/aromatic N) is 1. The van der Waals surface area contributed by atoms with Gasteiger partial charge in [-0.3, -0.25) is 4.79 Å². The molecule has 1 rings (SSSR count). The molecule has 2 N–H and O–H groups in total. The minimum absolute atomic E-state index is 0.221. The second-order valence-corrected chi connectivity index (χ2v) is 7.53. The lowest BCUT2D eigenvalue weighted by Crippen LogP contribution is -2.55. The molecule has 1 heterocycles. The molecule has 3 unspecified atom stereocenters. The van der Waals surface area contributed by atoms with E-state index < -0.39 is 34.0 Å². The molecule has 7 nitrogen and oxygen atoms in total. The van der Waals surface area contributed by atoms with Crippen LogP contribution < -0.4 is 5.32 Å². The number of carboxylic acid groups (broad SMARTS) is 1. The van der Waals surface area contributed by atoms with E-state index in [1.54, 1.807) is 6.92 Å². The normalized spacial score (nSPS) is 23.3. The fraction of sp³-hybridized carbons (Fsp3) is 0.846. The number of carbonyl (C=O) groups is 2. The molecule has 1 amide bonds. The molecule has 0 spiro atoms. The Morgan fingerprint density at radius 1 is 1.38 bits per heavy atom. The SMILES string of the molecule is CCC(C)C(NC(=O)C1CCCCN1S(C)(=O)=O)C(=O)O. The van der Waals surface area contributed by atoms with Gasteiger partial charge in [0.05, 0.1) is 6.26 Å². The number of carbonyl (C=O) groups excluding carboxylic acids is 1. The summed E-state index contributed by atoms with van der Waals surface area (Å²) in [6.07, 6.45) is 3.57. The topological polar surface area (TPSA) is 104 Å². The Balaban J connectivity index is 2.87. The molecule has 0 aromatic heterocycles.